The Hall–Kier alpha value is -1.91. The van der Waals surface area contributed by atoms with Crippen molar-refractivity contribution in [3.8, 4) is 5.75 Å². The van der Waals surface area contributed by atoms with Gasteiger partial charge in [0, 0.05) is 0 Å². The SMILES string of the molecule is Nc1cc2ccccc2cc1OC(F)(F)F. The molecule has 2 N–H and O–H groups in total. The molecule has 0 amide bonds. The van der Waals surface area contributed by atoms with Gasteiger partial charge < -0.3 is 10.5 Å². The van der Waals surface area contributed by atoms with E-state index in [0.717, 1.165) is 5.39 Å². The van der Waals surface area contributed by atoms with E-state index in [9.17, 15) is 13.2 Å². The van der Waals surface area contributed by atoms with E-state index in [-0.39, 0.29) is 11.4 Å². The standard InChI is InChI=1S/C11H8F3NO/c12-11(13,14)16-10-6-8-4-2-1-3-7(8)5-9(10)15/h1-6H,15H2. The summed E-state index contributed by atoms with van der Waals surface area (Å²) >= 11 is 0. The third-order valence-corrected chi connectivity index (χ3v) is 2.10. The zero-order valence-electron chi connectivity index (χ0n) is 8.08. The first-order valence-electron chi connectivity index (χ1n) is 4.50. The Morgan fingerprint density at radius 2 is 1.56 bits per heavy atom. The van der Waals surface area contributed by atoms with Gasteiger partial charge in [0.1, 0.15) is 0 Å². The van der Waals surface area contributed by atoms with Crippen molar-refractivity contribution in [3.63, 3.8) is 0 Å². The van der Waals surface area contributed by atoms with Gasteiger partial charge in [0.05, 0.1) is 5.69 Å². The Morgan fingerprint density at radius 1 is 1.00 bits per heavy atom. The molecule has 0 aliphatic carbocycles. The molecule has 0 atom stereocenters. The number of hydrogen-bond acceptors (Lipinski definition) is 2. The Balaban J connectivity index is 2.50. The van der Waals surface area contributed by atoms with Crippen LogP contribution in [-0.4, -0.2) is 6.36 Å². The second kappa shape index (κ2) is 3.59. The first-order chi connectivity index (χ1) is 7.46. The summed E-state index contributed by atoms with van der Waals surface area (Å²) in [6.45, 7) is 0. The predicted molar refractivity (Wildman–Crippen MR) is 55.0 cm³/mol. The highest BCUT2D eigenvalue weighted by atomic mass is 19.4. The highest BCUT2D eigenvalue weighted by Crippen LogP contribution is 2.32. The minimum atomic E-state index is -4.73. The van der Waals surface area contributed by atoms with Crippen LogP contribution in [0.3, 0.4) is 0 Å². The molecule has 2 nitrogen and oxygen atoms in total. The second-order valence-corrected chi connectivity index (χ2v) is 3.28. The molecule has 2 aromatic carbocycles. The summed E-state index contributed by atoms with van der Waals surface area (Å²) in [4.78, 5) is 0. The van der Waals surface area contributed by atoms with Gasteiger partial charge in [0.15, 0.2) is 5.75 Å². The largest absolute Gasteiger partial charge is 0.573 e. The summed E-state index contributed by atoms with van der Waals surface area (Å²) in [5, 5.41) is 1.42. The van der Waals surface area contributed by atoms with Crippen LogP contribution in [0.15, 0.2) is 36.4 Å². The topological polar surface area (TPSA) is 35.2 Å². The Kier molecular flexibility index (Phi) is 2.38. The maximum atomic E-state index is 12.0. The molecule has 0 fully saturated rings. The van der Waals surface area contributed by atoms with Crippen molar-refractivity contribution in [1.82, 2.24) is 0 Å². The van der Waals surface area contributed by atoms with E-state index in [1.54, 1.807) is 24.3 Å². The van der Waals surface area contributed by atoms with Crippen molar-refractivity contribution in [2.75, 3.05) is 5.73 Å². The number of rotatable bonds is 1. The zero-order chi connectivity index (χ0) is 11.8. The summed E-state index contributed by atoms with van der Waals surface area (Å²) < 4.78 is 39.9. The van der Waals surface area contributed by atoms with Crippen molar-refractivity contribution in [1.29, 1.82) is 0 Å². The van der Waals surface area contributed by atoms with Gasteiger partial charge >= 0.3 is 6.36 Å². The molecular weight excluding hydrogens is 219 g/mol. The molecule has 0 heterocycles. The number of benzene rings is 2. The average molecular weight is 227 g/mol. The van der Waals surface area contributed by atoms with Gasteiger partial charge in [-0.25, -0.2) is 0 Å². The van der Waals surface area contributed by atoms with Gasteiger partial charge in [-0.15, -0.1) is 13.2 Å². The molecule has 0 aromatic heterocycles. The van der Waals surface area contributed by atoms with Gasteiger partial charge in [0.2, 0.25) is 0 Å². The Morgan fingerprint density at radius 3 is 2.12 bits per heavy atom. The van der Waals surface area contributed by atoms with E-state index in [0.29, 0.717) is 5.39 Å². The zero-order valence-corrected chi connectivity index (χ0v) is 8.08. The van der Waals surface area contributed by atoms with E-state index in [1.807, 2.05) is 0 Å². The highest BCUT2D eigenvalue weighted by Gasteiger charge is 2.32. The monoisotopic (exact) mass is 227 g/mol. The minimum absolute atomic E-state index is 0.0315. The van der Waals surface area contributed by atoms with Crippen molar-refractivity contribution in [3.05, 3.63) is 36.4 Å². The second-order valence-electron chi connectivity index (χ2n) is 3.28. The molecule has 5 heteroatoms. The molecule has 0 saturated carbocycles. The maximum Gasteiger partial charge on any atom is 0.573 e. The van der Waals surface area contributed by atoms with Crippen LogP contribution in [0.1, 0.15) is 0 Å². The molecule has 0 bridgehead atoms. The third kappa shape index (κ3) is 2.18. The van der Waals surface area contributed by atoms with E-state index in [4.69, 9.17) is 5.73 Å². The summed E-state index contributed by atoms with van der Waals surface area (Å²) in [6, 6.07) is 9.71. The first kappa shape index (κ1) is 10.6. The quantitative estimate of drug-likeness (QED) is 0.758. The fraction of sp³-hybridized carbons (Fsp3) is 0.0909. The number of anilines is 1. The highest BCUT2D eigenvalue weighted by molar-refractivity contribution is 5.88. The normalized spacial score (nSPS) is 11.7. The van der Waals surface area contributed by atoms with Crippen LogP contribution in [0.5, 0.6) is 5.75 Å². The van der Waals surface area contributed by atoms with E-state index in [1.165, 1.54) is 12.1 Å². The van der Waals surface area contributed by atoms with Crippen molar-refractivity contribution < 1.29 is 17.9 Å². The fourth-order valence-corrected chi connectivity index (χ4v) is 1.45. The van der Waals surface area contributed by atoms with Crippen LogP contribution < -0.4 is 10.5 Å². The number of alkyl halides is 3. The van der Waals surface area contributed by atoms with Gasteiger partial charge in [0.25, 0.3) is 0 Å². The number of ether oxygens (including phenoxy) is 1. The Labute approximate surface area is 89.4 Å². The van der Waals surface area contributed by atoms with Crippen LogP contribution >= 0.6 is 0 Å². The van der Waals surface area contributed by atoms with Crippen LogP contribution in [0.2, 0.25) is 0 Å². The van der Waals surface area contributed by atoms with Crippen LogP contribution in [0, 0.1) is 0 Å². The third-order valence-electron chi connectivity index (χ3n) is 2.10. The molecule has 0 radical (unpaired) electrons. The first-order valence-corrected chi connectivity index (χ1v) is 4.50. The van der Waals surface area contributed by atoms with Gasteiger partial charge in [-0.05, 0) is 22.9 Å². The van der Waals surface area contributed by atoms with Gasteiger partial charge in [-0.2, -0.15) is 0 Å². The summed E-state index contributed by atoms with van der Waals surface area (Å²) in [5.41, 5.74) is 5.44. The summed E-state index contributed by atoms with van der Waals surface area (Å²) in [5.74, 6) is -0.369. The molecule has 0 aliphatic heterocycles. The summed E-state index contributed by atoms with van der Waals surface area (Å²) in [7, 11) is 0. The number of halogens is 3. The van der Waals surface area contributed by atoms with Crippen LogP contribution in [-0.2, 0) is 0 Å². The van der Waals surface area contributed by atoms with Crippen molar-refractivity contribution in [2.45, 2.75) is 6.36 Å². The lowest BCUT2D eigenvalue weighted by atomic mass is 10.1. The van der Waals surface area contributed by atoms with E-state index < -0.39 is 6.36 Å². The molecule has 0 spiro atoms. The average Bonchev–Trinajstić information content (AvgIpc) is 2.17. The molecule has 2 aromatic rings. The maximum absolute atomic E-state index is 12.0. The van der Waals surface area contributed by atoms with Crippen LogP contribution in [0.4, 0.5) is 18.9 Å². The number of nitrogens with two attached hydrogens (primary N) is 1. The molecule has 0 aliphatic rings. The molecule has 2 rings (SSSR count). The predicted octanol–water partition coefficient (Wildman–Crippen LogP) is 3.32. The molecule has 16 heavy (non-hydrogen) atoms. The number of fused-ring (bicyclic) bond motifs is 1. The van der Waals surface area contributed by atoms with Gasteiger partial charge in [-0.3, -0.25) is 0 Å². The number of nitrogen functional groups attached to an aromatic ring is 1. The molecule has 84 valence electrons. The lowest BCUT2D eigenvalue weighted by Gasteiger charge is -2.11. The van der Waals surface area contributed by atoms with Gasteiger partial charge in [-0.1, -0.05) is 24.3 Å². The fourth-order valence-electron chi connectivity index (χ4n) is 1.45. The summed E-state index contributed by atoms with van der Waals surface area (Å²) in [6.07, 6.45) is -4.73. The lowest BCUT2D eigenvalue weighted by Crippen LogP contribution is -2.18. The van der Waals surface area contributed by atoms with Crippen molar-refractivity contribution >= 4 is 16.5 Å². The molecule has 0 saturated heterocycles. The van der Waals surface area contributed by atoms with Crippen molar-refractivity contribution in [2.24, 2.45) is 0 Å². The lowest BCUT2D eigenvalue weighted by molar-refractivity contribution is -0.274. The smallest absolute Gasteiger partial charge is 0.404 e. The molecule has 0 unspecified atom stereocenters. The number of hydrogen-bond donors (Lipinski definition) is 1. The minimum Gasteiger partial charge on any atom is -0.404 e. The molecular formula is C11H8F3NO. The Bertz CT molecular complexity index is 522. The van der Waals surface area contributed by atoms with E-state index >= 15 is 0 Å². The van der Waals surface area contributed by atoms with E-state index in [2.05, 4.69) is 4.74 Å². The van der Waals surface area contributed by atoms with Crippen LogP contribution in [0.25, 0.3) is 10.8 Å².